The highest BCUT2D eigenvalue weighted by atomic mass is 35.5. The first kappa shape index (κ1) is 19.7. The lowest BCUT2D eigenvalue weighted by Crippen LogP contribution is -2.40. The molecule has 29 heavy (non-hydrogen) atoms. The number of nitrogens with zero attached hydrogens (tertiary/aromatic N) is 2. The first-order valence-corrected chi connectivity index (χ1v) is 10.1. The predicted octanol–water partition coefficient (Wildman–Crippen LogP) is 3.88. The fourth-order valence-electron chi connectivity index (χ4n) is 3.89. The van der Waals surface area contributed by atoms with Crippen molar-refractivity contribution in [2.45, 2.75) is 20.8 Å². The molecule has 0 aliphatic carbocycles. The van der Waals surface area contributed by atoms with Gasteiger partial charge in [0.1, 0.15) is 5.70 Å². The van der Waals surface area contributed by atoms with Crippen LogP contribution in [0, 0.1) is 20.8 Å². The minimum Gasteiger partial charge on any atom is -0.378 e. The smallest absolute Gasteiger partial charge is 0.282 e. The number of halogens is 1. The molecule has 2 aromatic rings. The molecule has 2 aliphatic heterocycles. The maximum Gasteiger partial charge on any atom is 0.282 e. The van der Waals surface area contributed by atoms with E-state index in [9.17, 15) is 9.59 Å². The monoisotopic (exact) mass is 410 g/mol. The Bertz CT molecular complexity index is 1040. The van der Waals surface area contributed by atoms with E-state index in [4.69, 9.17) is 16.3 Å². The Morgan fingerprint density at radius 3 is 2.28 bits per heavy atom. The fraction of sp³-hybridized carbons (Fsp3) is 0.304. The number of benzene rings is 2. The van der Waals surface area contributed by atoms with Gasteiger partial charge in [-0.05, 0) is 49.6 Å². The third kappa shape index (κ3) is 3.45. The van der Waals surface area contributed by atoms with Crippen molar-refractivity contribution in [1.82, 2.24) is 4.90 Å². The van der Waals surface area contributed by atoms with Gasteiger partial charge in [0.2, 0.25) is 0 Å². The zero-order valence-corrected chi connectivity index (χ0v) is 17.5. The molecule has 4 rings (SSSR count). The fourth-order valence-corrected chi connectivity index (χ4v) is 4.07. The van der Waals surface area contributed by atoms with Crippen molar-refractivity contribution < 1.29 is 14.3 Å². The van der Waals surface area contributed by atoms with E-state index in [0.29, 0.717) is 48.3 Å². The van der Waals surface area contributed by atoms with E-state index < -0.39 is 0 Å². The summed E-state index contributed by atoms with van der Waals surface area (Å²) in [4.78, 5) is 30.3. The zero-order valence-electron chi connectivity index (χ0n) is 16.8. The van der Waals surface area contributed by atoms with Crippen LogP contribution in [0.1, 0.15) is 22.3 Å². The van der Waals surface area contributed by atoms with Crippen LogP contribution in [0.15, 0.2) is 42.1 Å². The molecule has 5 nitrogen and oxygen atoms in total. The van der Waals surface area contributed by atoms with E-state index in [-0.39, 0.29) is 11.8 Å². The van der Waals surface area contributed by atoms with Crippen LogP contribution >= 0.6 is 11.6 Å². The normalized spacial score (nSPS) is 17.5. The number of carbonyl (C=O) groups is 2. The van der Waals surface area contributed by atoms with Gasteiger partial charge in [-0.1, -0.05) is 41.4 Å². The summed E-state index contributed by atoms with van der Waals surface area (Å²) in [6.07, 6.45) is 0. The van der Waals surface area contributed by atoms with E-state index in [1.165, 1.54) is 4.90 Å². The number of rotatable bonds is 3. The van der Waals surface area contributed by atoms with Crippen LogP contribution in [0.4, 0.5) is 5.69 Å². The van der Waals surface area contributed by atoms with Gasteiger partial charge in [-0.3, -0.25) is 9.59 Å². The first-order chi connectivity index (χ1) is 13.9. The van der Waals surface area contributed by atoms with Crippen LogP contribution in [0.5, 0.6) is 0 Å². The summed E-state index contributed by atoms with van der Waals surface area (Å²) in [6, 6.07) is 11.2. The maximum atomic E-state index is 13.5. The first-order valence-electron chi connectivity index (χ1n) is 9.68. The molecule has 2 aliphatic rings. The highest BCUT2D eigenvalue weighted by molar-refractivity contribution is 6.45. The molecular formula is C23H23ClN2O3. The maximum absolute atomic E-state index is 13.5. The van der Waals surface area contributed by atoms with Gasteiger partial charge in [0, 0.05) is 18.1 Å². The quantitative estimate of drug-likeness (QED) is 0.720. The van der Waals surface area contributed by atoms with Crippen molar-refractivity contribution in [3.05, 3.63) is 69.4 Å². The highest BCUT2D eigenvalue weighted by Gasteiger charge is 2.43. The van der Waals surface area contributed by atoms with Gasteiger partial charge in [0.15, 0.2) is 0 Å². The van der Waals surface area contributed by atoms with Gasteiger partial charge in [0.05, 0.1) is 24.5 Å². The molecule has 0 atom stereocenters. The molecule has 0 radical (unpaired) electrons. The Morgan fingerprint density at radius 1 is 0.897 bits per heavy atom. The van der Waals surface area contributed by atoms with E-state index in [0.717, 1.165) is 22.3 Å². The number of imide groups is 1. The van der Waals surface area contributed by atoms with E-state index >= 15 is 0 Å². The molecule has 2 aromatic carbocycles. The minimum absolute atomic E-state index is 0.313. The number of aryl methyl sites for hydroxylation is 3. The average Bonchev–Trinajstić information content (AvgIpc) is 2.95. The van der Waals surface area contributed by atoms with Crippen LogP contribution in [0.25, 0.3) is 5.57 Å². The average molecular weight is 411 g/mol. The molecule has 1 fully saturated rings. The Kier molecular flexibility index (Phi) is 5.19. The van der Waals surface area contributed by atoms with Crippen LogP contribution in [0.2, 0.25) is 5.02 Å². The number of hydrogen-bond donors (Lipinski definition) is 0. The lowest BCUT2D eigenvalue weighted by atomic mass is 9.97. The molecule has 0 unspecified atom stereocenters. The second kappa shape index (κ2) is 7.65. The number of hydrogen-bond acceptors (Lipinski definition) is 4. The standard InChI is InChI=1S/C23H23ClN2O3/c1-14-4-7-18(16(3)12-14)20-21(25-8-10-29-11-9-25)23(28)26(22(20)27)17-6-5-15(2)19(24)13-17/h4-7,12-13H,8-11H2,1-3H3. The summed E-state index contributed by atoms with van der Waals surface area (Å²) in [5.41, 5.74) is 5.14. The third-order valence-corrected chi connectivity index (χ3v) is 5.86. The Hall–Kier alpha value is -2.63. The van der Waals surface area contributed by atoms with E-state index in [2.05, 4.69) is 0 Å². The lowest BCUT2D eigenvalue weighted by Gasteiger charge is -2.29. The summed E-state index contributed by atoms with van der Waals surface area (Å²) in [7, 11) is 0. The molecule has 2 heterocycles. The predicted molar refractivity (Wildman–Crippen MR) is 114 cm³/mol. The summed E-state index contributed by atoms with van der Waals surface area (Å²) < 4.78 is 5.45. The number of anilines is 1. The van der Waals surface area contributed by atoms with Gasteiger partial charge in [-0.2, -0.15) is 0 Å². The van der Waals surface area contributed by atoms with Gasteiger partial charge in [-0.15, -0.1) is 0 Å². The van der Waals surface area contributed by atoms with E-state index in [1.807, 2.05) is 49.9 Å². The summed E-state index contributed by atoms with van der Waals surface area (Å²) >= 11 is 6.28. The van der Waals surface area contributed by atoms with Crippen molar-refractivity contribution in [3.63, 3.8) is 0 Å². The Labute approximate surface area is 175 Å². The van der Waals surface area contributed by atoms with Gasteiger partial charge in [-0.25, -0.2) is 4.90 Å². The minimum atomic E-state index is -0.316. The lowest BCUT2D eigenvalue weighted by molar-refractivity contribution is -0.121. The third-order valence-electron chi connectivity index (χ3n) is 5.45. The number of amides is 2. The molecule has 0 saturated carbocycles. The van der Waals surface area contributed by atoms with Gasteiger partial charge >= 0.3 is 0 Å². The molecule has 1 saturated heterocycles. The van der Waals surface area contributed by atoms with Crippen LogP contribution in [0.3, 0.4) is 0 Å². The van der Waals surface area contributed by atoms with Crippen molar-refractivity contribution in [2.24, 2.45) is 0 Å². The summed E-state index contributed by atoms with van der Waals surface area (Å²) in [6.45, 7) is 8.07. The highest BCUT2D eigenvalue weighted by Crippen LogP contribution is 2.37. The van der Waals surface area contributed by atoms with Crippen LogP contribution < -0.4 is 4.90 Å². The number of carbonyl (C=O) groups excluding carboxylic acids is 2. The second-order valence-electron chi connectivity index (χ2n) is 7.52. The van der Waals surface area contributed by atoms with E-state index in [1.54, 1.807) is 12.1 Å². The largest absolute Gasteiger partial charge is 0.378 e. The van der Waals surface area contributed by atoms with Gasteiger partial charge < -0.3 is 9.64 Å². The molecule has 0 aromatic heterocycles. The Balaban J connectivity index is 1.86. The molecule has 150 valence electrons. The summed E-state index contributed by atoms with van der Waals surface area (Å²) in [5, 5.41) is 0.524. The van der Waals surface area contributed by atoms with Crippen molar-refractivity contribution in [2.75, 3.05) is 31.2 Å². The van der Waals surface area contributed by atoms with Crippen molar-refractivity contribution in [3.8, 4) is 0 Å². The second-order valence-corrected chi connectivity index (χ2v) is 7.93. The molecule has 0 bridgehead atoms. The van der Waals surface area contributed by atoms with Crippen molar-refractivity contribution >= 4 is 34.7 Å². The van der Waals surface area contributed by atoms with Gasteiger partial charge in [0.25, 0.3) is 11.8 Å². The van der Waals surface area contributed by atoms with Crippen molar-refractivity contribution in [1.29, 1.82) is 0 Å². The van der Waals surface area contributed by atoms with Crippen LogP contribution in [-0.2, 0) is 14.3 Å². The van der Waals surface area contributed by atoms with Crippen LogP contribution in [-0.4, -0.2) is 43.0 Å². The zero-order chi connectivity index (χ0) is 20.7. The Morgan fingerprint density at radius 2 is 1.62 bits per heavy atom. The topological polar surface area (TPSA) is 49.9 Å². The summed E-state index contributed by atoms with van der Waals surface area (Å²) in [5.74, 6) is -0.629. The molecule has 0 N–H and O–H groups in total. The number of morpholine rings is 1. The number of ether oxygens (including phenoxy) is 1. The molecular weight excluding hydrogens is 388 g/mol. The molecule has 6 heteroatoms. The SMILES string of the molecule is Cc1ccc(C2=C(N3CCOCC3)C(=O)N(c3ccc(C)c(Cl)c3)C2=O)c(C)c1. The molecule has 0 spiro atoms. The molecule has 2 amide bonds.